The Balaban J connectivity index is 1.16. The average Bonchev–Trinajstić information content (AvgIpc) is 3.46. The summed E-state index contributed by atoms with van der Waals surface area (Å²) >= 11 is 0. The molecule has 2 aliphatic heterocycles. The van der Waals surface area contributed by atoms with Crippen LogP contribution in [0.3, 0.4) is 0 Å². The van der Waals surface area contributed by atoms with E-state index in [9.17, 15) is 18.8 Å². The van der Waals surface area contributed by atoms with Crippen LogP contribution in [0.5, 0.6) is 0 Å². The lowest BCUT2D eigenvalue weighted by Gasteiger charge is -2.34. The van der Waals surface area contributed by atoms with E-state index in [-0.39, 0.29) is 18.4 Å². The summed E-state index contributed by atoms with van der Waals surface area (Å²) in [6.07, 6.45) is 1.51. The second kappa shape index (κ2) is 9.74. The van der Waals surface area contributed by atoms with Crippen molar-refractivity contribution in [3.05, 3.63) is 95.1 Å². The SMILES string of the molecule is O=C(NCc1nc2ccccc2[nH]1)[C@@H]1CCCN(c2cccc3c2C(=O)N(Cc2cccc(F)c2)C3=O)C1. The van der Waals surface area contributed by atoms with Crippen LogP contribution in [0.25, 0.3) is 11.0 Å². The number of para-hydroxylation sites is 2. The number of halogens is 1. The summed E-state index contributed by atoms with van der Waals surface area (Å²) in [5.41, 5.74) is 3.64. The molecule has 4 aromatic rings. The zero-order chi connectivity index (χ0) is 26.2. The van der Waals surface area contributed by atoms with Gasteiger partial charge in [-0.1, -0.05) is 30.3 Å². The van der Waals surface area contributed by atoms with Crippen LogP contribution in [0, 0.1) is 11.7 Å². The van der Waals surface area contributed by atoms with Crippen LogP contribution in [0.4, 0.5) is 10.1 Å². The van der Waals surface area contributed by atoms with E-state index in [2.05, 4.69) is 15.3 Å². The summed E-state index contributed by atoms with van der Waals surface area (Å²) < 4.78 is 13.7. The Kier molecular flexibility index (Phi) is 6.11. The molecule has 0 radical (unpaired) electrons. The molecule has 9 heteroatoms. The van der Waals surface area contributed by atoms with Crippen molar-refractivity contribution >= 4 is 34.4 Å². The first-order valence-corrected chi connectivity index (χ1v) is 12.7. The second-order valence-corrected chi connectivity index (χ2v) is 9.73. The third-order valence-electron chi connectivity index (χ3n) is 7.21. The molecule has 1 atom stereocenters. The van der Waals surface area contributed by atoms with Gasteiger partial charge in [0.05, 0.1) is 46.9 Å². The number of hydrogen-bond acceptors (Lipinski definition) is 5. The fourth-order valence-corrected chi connectivity index (χ4v) is 5.36. The third-order valence-corrected chi connectivity index (χ3v) is 7.21. The highest BCUT2D eigenvalue weighted by molar-refractivity contribution is 6.23. The minimum Gasteiger partial charge on any atom is -0.370 e. The summed E-state index contributed by atoms with van der Waals surface area (Å²) in [4.78, 5) is 50.5. The van der Waals surface area contributed by atoms with Crippen molar-refractivity contribution < 1.29 is 18.8 Å². The van der Waals surface area contributed by atoms with Crippen molar-refractivity contribution in [2.75, 3.05) is 18.0 Å². The lowest BCUT2D eigenvalue weighted by Crippen LogP contribution is -2.43. The Morgan fingerprint density at radius 1 is 1.05 bits per heavy atom. The maximum Gasteiger partial charge on any atom is 0.263 e. The molecule has 6 rings (SSSR count). The Hall–Kier alpha value is -4.53. The third kappa shape index (κ3) is 4.40. The number of amides is 3. The summed E-state index contributed by atoms with van der Waals surface area (Å²) in [6, 6.07) is 18.8. The number of hydrogen-bond donors (Lipinski definition) is 2. The number of piperidine rings is 1. The highest BCUT2D eigenvalue weighted by Gasteiger charge is 2.39. The van der Waals surface area contributed by atoms with Gasteiger partial charge in [-0.15, -0.1) is 0 Å². The number of nitrogens with zero attached hydrogens (tertiary/aromatic N) is 3. The number of carbonyl (C=O) groups excluding carboxylic acids is 3. The molecule has 2 N–H and O–H groups in total. The quantitative estimate of drug-likeness (QED) is 0.381. The molecule has 1 fully saturated rings. The molecule has 192 valence electrons. The van der Waals surface area contributed by atoms with Crippen LogP contribution in [-0.4, -0.2) is 45.7 Å². The zero-order valence-corrected chi connectivity index (χ0v) is 20.6. The Morgan fingerprint density at radius 2 is 1.89 bits per heavy atom. The summed E-state index contributed by atoms with van der Waals surface area (Å²) in [7, 11) is 0. The van der Waals surface area contributed by atoms with Gasteiger partial charge in [-0.25, -0.2) is 9.37 Å². The maximum absolute atomic E-state index is 13.7. The number of imidazole rings is 1. The molecule has 0 unspecified atom stereocenters. The van der Waals surface area contributed by atoms with Gasteiger partial charge < -0.3 is 15.2 Å². The minimum absolute atomic E-state index is 0.00360. The Morgan fingerprint density at radius 3 is 2.74 bits per heavy atom. The fraction of sp³-hybridized carbons (Fsp3) is 0.241. The van der Waals surface area contributed by atoms with Crippen LogP contribution < -0.4 is 10.2 Å². The molecular formula is C29H26FN5O3. The lowest BCUT2D eigenvalue weighted by atomic mass is 9.95. The van der Waals surface area contributed by atoms with E-state index in [1.165, 1.54) is 12.1 Å². The first kappa shape index (κ1) is 23.8. The number of anilines is 1. The molecule has 2 aliphatic rings. The largest absolute Gasteiger partial charge is 0.370 e. The molecular weight excluding hydrogens is 485 g/mol. The number of benzene rings is 3. The predicted molar refractivity (Wildman–Crippen MR) is 140 cm³/mol. The molecule has 3 heterocycles. The normalized spacial score (nSPS) is 17.2. The molecule has 8 nitrogen and oxygen atoms in total. The van der Waals surface area contributed by atoms with Gasteiger partial charge in [-0.3, -0.25) is 19.3 Å². The number of fused-ring (bicyclic) bond motifs is 2. The number of aromatic nitrogens is 2. The van der Waals surface area contributed by atoms with Crippen LogP contribution in [0.2, 0.25) is 0 Å². The smallest absolute Gasteiger partial charge is 0.263 e. The summed E-state index contributed by atoms with van der Waals surface area (Å²) in [5.74, 6) is -0.861. The van der Waals surface area contributed by atoms with Crippen LogP contribution >= 0.6 is 0 Å². The van der Waals surface area contributed by atoms with Gasteiger partial charge in [-0.05, 0) is 54.8 Å². The zero-order valence-electron chi connectivity index (χ0n) is 20.6. The van der Waals surface area contributed by atoms with Gasteiger partial charge in [0, 0.05) is 13.1 Å². The van der Waals surface area contributed by atoms with Crippen molar-refractivity contribution in [1.29, 1.82) is 0 Å². The number of H-pyrrole nitrogens is 1. The van der Waals surface area contributed by atoms with Crippen molar-refractivity contribution in [2.45, 2.75) is 25.9 Å². The molecule has 1 aromatic heterocycles. The van der Waals surface area contributed by atoms with Gasteiger partial charge in [-0.2, -0.15) is 0 Å². The molecule has 1 saturated heterocycles. The molecule has 0 saturated carbocycles. The number of nitrogens with one attached hydrogen (secondary N) is 2. The summed E-state index contributed by atoms with van der Waals surface area (Å²) in [6.45, 7) is 1.41. The van der Waals surface area contributed by atoms with Crippen LogP contribution in [-0.2, 0) is 17.9 Å². The topological polar surface area (TPSA) is 98.4 Å². The Bertz CT molecular complexity index is 1530. The van der Waals surface area contributed by atoms with Gasteiger partial charge >= 0.3 is 0 Å². The van der Waals surface area contributed by atoms with E-state index in [1.807, 2.05) is 35.2 Å². The number of carbonyl (C=O) groups is 3. The molecule has 38 heavy (non-hydrogen) atoms. The van der Waals surface area contributed by atoms with E-state index in [0.717, 1.165) is 28.8 Å². The fourth-order valence-electron chi connectivity index (χ4n) is 5.36. The van der Waals surface area contributed by atoms with E-state index in [1.54, 1.807) is 24.3 Å². The van der Waals surface area contributed by atoms with Crippen LogP contribution in [0.1, 0.15) is 44.9 Å². The first-order valence-electron chi connectivity index (χ1n) is 12.7. The molecule has 3 amide bonds. The minimum atomic E-state index is -0.419. The van der Waals surface area contributed by atoms with Crippen LogP contribution in [0.15, 0.2) is 66.7 Å². The van der Waals surface area contributed by atoms with Gasteiger partial charge in [0.25, 0.3) is 11.8 Å². The van der Waals surface area contributed by atoms with Crippen molar-refractivity contribution in [3.63, 3.8) is 0 Å². The highest BCUT2D eigenvalue weighted by Crippen LogP contribution is 2.34. The highest BCUT2D eigenvalue weighted by atomic mass is 19.1. The average molecular weight is 512 g/mol. The molecule has 0 bridgehead atoms. The predicted octanol–water partition coefficient (Wildman–Crippen LogP) is 4.03. The van der Waals surface area contributed by atoms with E-state index >= 15 is 0 Å². The van der Waals surface area contributed by atoms with Gasteiger partial charge in [0.2, 0.25) is 5.91 Å². The maximum atomic E-state index is 13.7. The van der Waals surface area contributed by atoms with Crippen molar-refractivity contribution in [1.82, 2.24) is 20.2 Å². The molecule has 0 aliphatic carbocycles. The van der Waals surface area contributed by atoms with Gasteiger partial charge in [0.1, 0.15) is 11.6 Å². The van der Waals surface area contributed by atoms with Gasteiger partial charge in [0.15, 0.2) is 0 Å². The second-order valence-electron chi connectivity index (χ2n) is 9.73. The van der Waals surface area contributed by atoms with E-state index in [0.29, 0.717) is 47.8 Å². The van der Waals surface area contributed by atoms with Crippen molar-refractivity contribution in [3.8, 4) is 0 Å². The monoisotopic (exact) mass is 511 g/mol. The standard InChI is InChI=1S/C29H26FN5O3/c30-20-8-3-6-18(14-20)16-35-28(37)21-9-4-12-24(26(21)29(35)38)34-13-5-7-19(17-34)27(36)31-15-25-32-22-10-1-2-11-23(22)33-25/h1-4,6,8-12,14,19H,5,7,13,15-17H2,(H,31,36)(H,32,33)/t19-/m1/s1. The lowest BCUT2D eigenvalue weighted by molar-refractivity contribution is -0.125. The van der Waals surface area contributed by atoms with E-state index < -0.39 is 17.6 Å². The molecule has 0 spiro atoms. The first-order chi connectivity index (χ1) is 18.5. The number of aromatic amines is 1. The van der Waals surface area contributed by atoms with E-state index in [4.69, 9.17) is 0 Å². The number of imide groups is 1. The molecule has 3 aromatic carbocycles. The number of rotatable bonds is 6. The van der Waals surface area contributed by atoms with Crippen molar-refractivity contribution in [2.24, 2.45) is 5.92 Å². The Labute approximate surface area is 218 Å². The summed E-state index contributed by atoms with van der Waals surface area (Å²) in [5, 5.41) is 2.99.